The van der Waals surface area contributed by atoms with Crippen LogP contribution >= 0.6 is 11.6 Å². The van der Waals surface area contributed by atoms with Crippen molar-refractivity contribution >= 4 is 23.4 Å². The van der Waals surface area contributed by atoms with Crippen LogP contribution in [0.3, 0.4) is 0 Å². The Labute approximate surface area is 78.3 Å². The van der Waals surface area contributed by atoms with Crippen LogP contribution in [0.2, 0.25) is 5.02 Å². The molecule has 0 unspecified atom stereocenters. The van der Waals surface area contributed by atoms with Gasteiger partial charge in [-0.15, -0.1) is 5.06 Å². The Kier molecular flexibility index (Phi) is 1.61. The van der Waals surface area contributed by atoms with Crippen molar-refractivity contribution in [1.82, 2.24) is 5.06 Å². The van der Waals surface area contributed by atoms with Gasteiger partial charge in [-0.25, -0.2) is 0 Å². The molecule has 1 aliphatic rings. The van der Waals surface area contributed by atoms with Gasteiger partial charge < -0.3 is 0 Å². The van der Waals surface area contributed by atoms with Gasteiger partial charge in [-0.2, -0.15) is 0 Å². The van der Waals surface area contributed by atoms with Crippen LogP contribution in [0, 0.1) is 0 Å². The first kappa shape index (κ1) is 8.22. The SMILES string of the molecule is O=C1c2ccc(Cl)cc2C(=O)N1O. The molecule has 1 aromatic carbocycles. The number of rotatable bonds is 0. The molecule has 2 rings (SSSR count). The normalized spacial score (nSPS) is 15.1. The van der Waals surface area contributed by atoms with Crippen LogP contribution in [0.5, 0.6) is 0 Å². The molecule has 0 aromatic heterocycles. The van der Waals surface area contributed by atoms with Gasteiger partial charge in [-0.05, 0) is 18.2 Å². The van der Waals surface area contributed by atoms with Gasteiger partial charge in [0.15, 0.2) is 0 Å². The molecule has 0 fully saturated rings. The van der Waals surface area contributed by atoms with Crippen molar-refractivity contribution in [1.29, 1.82) is 0 Å². The smallest absolute Gasteiger partial charge is 0.278 e. The van der Waals surface area contributed by atoms with Crippen molar-refractivity contribution in [3.8, 4) is 0 Å². The molecule has 0 aliphatic carbocycles. The van der Waals surface area contributed by atoms with Crippen LogP contribution in [0.4, 0.5) is 0 Å². The monoisotopic (exact) mass is 197 g/mol. The zero-order valence-electron chi connectivity index (χ0n) is 6.32. The Balaban J connectivity index is 2.67. The second-order valence-electron chi connectivity index (χ2n) is 2.61. The molecule has 4 nitrogen and oxygen atoms in total. The molecular weight excluding hydrogens is 194 g/mol. The average Bonchev–Trinajstić information content (AvgIpc) is 2.32. The topological polar surface area (TPSA) is 57.6 Å². The predicted molar refractivity (Wildman–Crippen MR) is 43.7 cm³/mol. The molecule has 2 amide bonds. The first-order chi connectivity index (χ1) is 6.11. The summed E-state index contributed by atoms with van der Waals surface area (Å²) in [6.07, 6.45) is 0. The quantitative estimate of drug-likeness (QED) is 0.504. The number of halogens is 1. The minimum Gasteiger partial charge on any atom is -0.278 e. The fraction of sp³-hybridized carbons (Fsp3) is 0. The van der Waals surface area contributed by atoms with Crippen LogP contribution in [0.25, 0.3) is 0 Å². The summed E-state index contributed by atoms with van der Waals surface area (Å²) in [6, 6.07) is 4.26. The minimum atomic E-state index is -0.734. The number of benzene rings is 1. The zero-order chi connectivity index (χ0) is 9.59. The highest BCUT2D eigenvalue weighted by molar-refractivity contribution is 6.32. The van der Waals surface area contributed by atoms with Crippen molar-refractivity contribution in [3.05, 3.63) is 34.3 Å². The van der Waals surface area contributed by atoms with E-state index in [1.54, 1.807) is 0 Å². The van der Waals surface area contributed by atoms with Crippen LogP contribution in [0.15, 0.2) is 18.2 Å². The second kappa shape index (κ2) is 2.55. The molecule has 1 aliphatic heterocycles. The Bertz CT molecular complexity index is 416. The molecule has 0 saturated heterocycles. The number of carbonyl (C=O) groups is 2. The van der Waals surface area contributed by atoms with Crippen molar-refractivity contribution in [2.24, 2.45) is 0 Å². The van der Waals surface area contributed by atoms with Crippen LogP contribution in [-0.4, -0.2) is 22.1 Å². The number of carbonyl (C=O) groups excluding carboxylic acids is 2. The highest BCUT2D eigenvalue weighted by Gasteiger charge is 2.34. The molecule has 0 bridgehead atoms. The number of hydrogen-bond acceptors (Lipinski definition) is 3. The van der Waals surface area contributed by atoms with Gasteiger partial charge >= 0.3 is 0 Å². The van der Waals surface area contributed by atoms with E-state index < -0.39 is 11.8 Å². The Morgan fingerprint density at radius 2 is 1.77 bits per heavy atom. The maximum absolute atomic E-state index is 11.2. The first-order valence-corrected chi connectivity index (χ1v) is 3.86. The summed E-state index contributed by atoms with van der Waals surface area (Å²) in [7, 11) is 0. The average molecular weight is 198 g/mol. The third kappa shape index (κ3) is 1.03. The molecule has 0 spiro atoms. The van der Waals surface area contributed by atoms with E-state index in [1.165, 1.54) is 18.2 Å². The number of amides is 2. The molecule has 1 N–H and O–H groups in total. The lowest BCUT2D eigenvalue weighted by Gasteiger charge is -1.99. The standard InChI is InChI=1S/C8H4ClNO3/c9-4-1-2-5-6(3-4)8(12)10(13)7(5)11/h1-3,13H. The van der Waals surface area contributed by atoms with Crippen LogP contribution < -0.4 is 0 Å². The fourth-order valence-corrected chi connectivity index (χ4v) is 1.37. The van der Waals surface area contributed by atoms with Crippen molar-refractivity contribution < 1.29 is 14.8 Å². The zero-order valence-corrected chi connectivity index (χ0v) is 7.08. The lowest BCUT2D eigenvalue weighted by molar-refractivity contribution is -0.0327. The van der Waals surface area contributed by atoms with E-state index in [0.717, 1.165) is 0 Å². The second-order valence-corrected chi connectivity index (χ2v) is 3.05. The van der Waals surface area contributed by atoms with E-state index in [-0.39, 0.29) is 16.2 Å². The summed E-state index contributed by atoms with van der Waals surface area (Å²) in [6.45, 7) is 0. The van der Waals surface area contributed by atoms with E-state index >= 15 is 0 Å². The summed E-state index contributed by atoms with van der Waals surface area (Å²) in [5.41, 5.74) is 0.317. The van der Waals surface area contributed by atoms with E-state index in [0.29, 0.717) is 5.02 Å². The highest BCUT2D eigenvalue weighted by atomic mass is 35.5. The molecular formula is C8H4ClNO3. The number of hydroxylamine groups is 2. The number of nitrogens with zero attached hydrogens (tertiary/aromatic N) is 1. The van der Waals surface area contributed by atoms with Crippen molar-refractivity contribution in [3.63, 3.8) is 0 Å². The summed E-state index contributed by atoms with van der Waals surface area (Å²) in [5.74, 6) is -1.45. The lowest BCUT2D eigenvalue weighted by Crippen LogP contribution is -2.25. The first-order valence-electron chi connectivity index (χ1n) is 3.48. The van der Waals surface area contributed by atoms with Crippen LogP contribution in [0.1, 0.15) is 20.7 Å². The fourth-order valence-electron chi connectivity index (χ4n) is 1.20. The lowest BCUT2D eigenvalue weighted by atomic mass is 10.1. The predicted octanol–water partition coefficient (Wildman–Crippen LogP) is 1.33. The molecule has 1 heterocycles. The Morgan fingerprint density at radius 3 is 2.46 bits per heavy atom. The molecule has 13 heavy (non-hydrogen) atoms. The van der Waals surface area contributed by atoms with E-state index in [9.17, 15) is 9.59 Å². The summed E-state index contributed by atoms with van der Waals surface area (Å²) < 4.78 is 0. The molecule has 0 radical (unpaired) electrons. The third-order valence-electron chi connectivity index (χ3n) is 1.83. The summed E-state index contributed by atoms with van der Waals surface area (Å²) in [5, 5.41) is 9.41. The van der Waals surface area contributed by atoms with Crippen molar-refractivity contribution in [2.75, 3.05) is 0 Å². The van der Waals surface area contributed by atoms with Gasteiger partial charge in [0.1, 0.15) is 0 Å². The highest BCUT2D eigenvalue weighted by Crippen LogP contribution is 2.24. The van der Waals surface area contributed by atoms with Gasteiger partial charge in [0.25, 0.3) is 11.8 Å². The number of imide groups is 1. The maximum atomic E-state index is 11.2. The number of fused-ring (bicyclic) bond motifs is 1. The van der Waals surface area contributed by atoms with Crippen molar-refractivity contribution in [2.45, 2.75) is 0 Å². The van der Waals surface area contributed by atoms with Gasteiger partial charge in [0.05, 0.1) is 11.1 Å². The van der Waals surface area contributed by atoms with Gasteiger partial charge in [0.2, 0.25) is 0 Å². The molecule has 0 saturated carbocycles. The molecule has 66 valence electrons. The van der Waals surface area contributed by atoms with Gasteiger partial charge in [-0.1, -0.05) is 11.6 Å². The van der Waals surface area contributed by atoms with Gasteiger partial charge in [-0.3, -0.25) is 14.8 Å². The third-order valence-corrected chi connectivity index (χ3v) is 2.06. The molecule has 0 atom stereocenters. The maximum Gasteiger partial charge on any atom is 0.285 e. The van der Waals surface area contributed by atoms with Gasteiger partial charge in [0, 0.05) is 5.02 Å². The van der Waals surface area contributed by atoms with E-state index in [1.807, 2.05) is 0 Å². The van der Waals surface area contributed by atoms with E-state index in [4.69, 9.17) is 16.8 Å². The van der Waals surface area contributed by atoms with E-state index in [2.05, 4.69) is 0 Å². The Morgan fingerprint density at radius 1 is 1.15 bits per heavy atom. The minimum absolute atomic E-state index is 0.0843. The summed E-state index contributed by atoms with van der Waals surface area (Å²) in [4.78, 5) is 22.3. The Hall–Kier alpha value is -1.39. The molecule has 5 heteroatoms. The summed E-state index contributed by atoms with van der Waals surface area (Å²) >= 11 is 5.62. The largest absolute Gasteiger partial charge is 0.285 e. The molecule has 1 aromatic rings. The van der Waals surface area contributed by atoms with Crippen LogP contribution in [-0.2, 0) is 0 Å². The number of hydrogen-bond donors (Lipinski definition) is 1.